The molecule has 6 heteroatoms. The number of nitrogens with zero attached hydrogens (tertiary/aromatic N) is 3. The average molecular weight is 497 g/mol. The number of rotatable bonds is 8. The number of hydrogen-bond donors (Lipinski definition) is 1. The molecule has 37 heavy (non-hydrogen) atoms. The van der Waals surface area contributed by atoms with Crippen LogP contribution < -0.4 is 5.32 Å². The fourth-order valence-corrected chi connectivity index (χ4v) is 5.17. The van der Waals surface area contributed by atoms with Gasteiger partial charge in [-0.15, -0.1) is 0 Å². The molecule has 1 aliphatic carbocycles. The van der Waals surface area contributed by atoms with Crippen molar-refractivity contribution in [2.75, 3.05) is 12.4 Å². The van der Waals surface area contributed by atoms with Gasteiger partial charge in [0.2, 0.25) is 5.91 Å². The Morgan fingerprint density at radius 1 is 0.973 bits per heavy atom. The highest BCUT2D eigenvalue weighted by atomic mass is 19.1. The minimum Gasteiger partial charge on any atom is -0.365 e. The van der Waals surface area contributed by atoms with Crippen LogP contribution in [0.4, 0.5) is 10.2 Å². The van der Waals surface area contributed by atoms with Crippen LogP contribution in [0, 0.1) is 11.7 Å². The quantitative estimate of drug-likeness (QED) is 0.286. The smallest absolute Gasteiger partial charge is 0.222 e. The summed E-state index contributed by atoms with van der Waals surface area (Å²) in [6.07, 6.45) is 8.04. The number of hydrogen-bond acceptors (Lipinski definition) is 4. The van der Waals surface area contributed by atoms with Gasteiger partial charge in [0.15, 0.2) is 0 Å². The van der Waals surface area contributed by atoms with Gasteiger partial charge in [0.05, 0.1) is 5.52 Å². The maximum atomic E-state index is 14.8. The van der Waals surface area contributed by atoms with E-state index in [0.717, 1.165) is 46.3 Å². The molecule has 190 valence electrons. The Morgan fingerprint density at radius 3 is 2.54 bits per heavy atom. The standard InChI is InChI=1S/C31H33FN4O/c1-36(30(37)16-22-8-4-2-5-9-22)20-26-17-24(12-14-28(26)32)25-13-15-29-27(18-25)31(35-21-34-29)33-19-23-10-6-3-7-11-23/h3,6-7,10-15,17-18,21-22H,2,4-5,8-9,16,19-20H2,1H3,(H,33,34,35). The zero-order valence-corrected chi connectivity index (χ0v) is 21.3. The van der Waals surface area contributed by atoms with Crippen LogP contribution in [0.15, 0.2) is 73.1 Å². The molecule has 0 atom stereocenters. The zero-order chi connectivity index (χ0) is 25.6. The van der Waals surface area contributed by atoms with Crippen molar-refractivity contribution in [3.63, 3.8) is 0 Å². The second kappa shape index (κ2) is 11.5. The van der Waals surface area contributed by atoms with E-state index in [-0.39, 0.29) is 18.3 Å². The lowest BCUT2D eigenvalue weighted by Crippen LogP contribution is -2.29. The minimum absolute atomic E-state index is 0.0914. The number of anilines is 1. The van der Waals surface area contributed by atoms with Crippen molar-refractivity contribution in [1.29, 1.82) is 0 Å². The van der Waals surface area contributed by atoms with E-state index in [9.17, 15) is 9.18 Å². The van der Waals surface area contributed by atoms with E-state index < -0.39 is 0 Å². The van der Waals surface area contributed by atoms with Gasteiger partial charge in [-0.1, -0.05) is 61.7 Å². The van der Waals surface area contributed by atoms with Crippen LogP contribution >= 0.6 is 0 Å². The molecule has 1 aromatic heterocycles. The third-order valence-electron chi connectivity index (χ3n) is 7.34. The normalized spacial score (nSPS) is 14.0. The monoisotopic (exact) mass is 496 g/mol. The summed E-state index contributed by atoms with van der Waals surface area (Å²) in [5.41, 5.74) is 4.36. The Labute approximate surface area is 217 Å². The van der Waals surface area contributed by atoms with Crippen LogP contribution in [0.1, 0.15) is 49.7 Å². The molecule has 1 N–H and O–H groups in total. The van der Waals surface area contributed by atoms with Crippen molar-refractivity contribution >= 4 is 22.6 Å². The van der Waals surface area contributed by atoms with Crippen molar-refractivity contribution in [3.8, 4) is 11.1 Å². The highest BCUT2D eigenvalue weighted by molar-refractivity contribution is 5.92. The maximum absolute atomic E-state index is 14.8. The Bertz CT molecular complexity index is 1370. The summed E-state index contributed by atoms with van der Waals surface area (Å²) >= 11 is 0. The van der Waals surface area contributed by atoms with Crippen molar-refractivity contribution in [3.05, 3.63) is 90.0 Å². The molecule has 3 aromatic carbocycles. The van der Waals surface area contributed by atoms with Crippen molar-refractivity contribution in [1.82, 2.24) is 14.9 Å². The molecule has 0 spiro atoms. The molecule has 1 aliphatic rings. The molecule has 0 bridgehead atoms. The molecule has 1 heterocycles. The Hall–Kier alpha value is -3.80. The molecule has 5 nitrogen and oxygen atoms in total. The van der Waals surface area contributed by atoms with E-state index in [4.69, 9.17) is 0 Å². The first-order valence-corrected chi connectivity index (χ1v) is 13.1. The van der Waals surface area contributed by atoms with Crippen molar-refractivity contribution < 1.29 is 9.18 Å². The molecular formula is C31H33FN4O. The highest BCUT2D eigenvalue weighted by Crippen LogP contribution is 2.30. The molecule has 1 amide bonds. The molecule has 1 fully saturated rings. The topological polar surface area (TPSA) is 58.1 Å². The number of halogens is 1. The van der Waals surface area contributed by atoms with Crippen LogP contribution in [-0.4, -0.2) is 27.8 Å². The largest absolute Gasteiger partial charge is 0.365 e. The number of carbonyl (C=O) groups excluding carboxylic acids is 1. The second-order valence-corrected chi connectivity index (χ2v) is 10.1. The summed E-state index contributed by atoms with van der Waals surface area (Å²) < 4.78 is 14.8. The SMILES string of the molecule is CN(Cc1cc(-c2ccc3ncnc(NCc4ccccc4)c3c2)ccc1F)C(=O)CC1CCCCC1. The predicted octanol–water partition coefficient (Wildman–Crippen LogP) is 6.98. The van der Waals surface area contributed by atoms with Crippen molar-refractivity contribution in [2.24, 2.45) is 5.92 Å². The Kier molecular flexibility index (Phi) is 7.73. The summed E-state index contributed by atoms with van der Waals surface area (Å²) in [5, 5.41) is 4.32. The van der Waals surface area contributed by atoms with Gasteiger partial charge in [-0.05, 0) is 59.7 Å². The van der Waals surface area contributed by atoms with Gasteiger partial charge in [-0.2, -0.15) is 0 Å². The molecular weight excluding hydrogens is 463 g/mol. The third-order valence-corrected chi connectivity index (χ3v) is 7.34. The summed E-state index contributed by atoms with van der Waals surface area (Å²) in [4.78, 5) is 23.4. The molecule has 4 aromatic rings. The summed E-state index contributed by atoms with van der Waals surface area (Å²) in [7, 11) is 1.77. The second-order valence-electron chi connectivity index (χ2n) is 10.1. The van der Waals surface area contributed by atoms with E-state index in [0.29, 0.717) is 24.4 Å². The molecule has 0 unspecified atom stereocenters. The minimum atomic E-state index is -0.296. The summed E-state index contributed by atoms with van der Waals surface area (Å²) in [6.45, 7) is 0.908. The van der Waals surface area contributed by atoms with Crippen LogP contribution in [0.5, 0.6) is 0 Å². The molecule has 5 rings (SSSR count). The van der Waals surface area contributed by atoms with E-state index in [1.54, 1.807) is 24.3 Å². The van der Waals surface area contributed by atoms with Gasteiger partial charge >= 0.3 is 0 Å². The van der Waals surface area contributed by atoms with E-state index in [2.05, 4.69) is 27.4 Å². The number of aromatic nitrogens is 2. The van der Waals surface area contributed by atoms with Gasteiger partial charge in [0, 0.05) is 37.5 Å². The number of carbonyl (C=O) groups is 1. The Balaban J connectivity index is 1.34. The van der Waals surface area contributed by atoms with Crippen LogP contribution in [-0.2, 0) is 17.9 Å². The molecule has 0 aliphatic heterocycles. The fourth-order valence-electron chi connectivity index (χ4n) is 5.17. The highest BCUT2D eigenvalue weighted by Gasteiger charge is 2.20. The first-order chi connectivity index (χ1) is 18.1. The van der Waals surface area contributed by atoms with Crippen molar-refractivity contribution in [2.45, 2.75) is 51.6 Å². The summed E-state index contributed by atoms with van der Waals surface area (Å²) in [6, 6.07) is 21.3. The first kappa shape index (κ1) is 24.9. The lowest BCUT2D eigenvalue weighted by Gasteiger charge is -2.24. The fraction of sp³-hybridized carbons (Fsp3) is 0.323. The lowest BCUT2D eigenvalue weighted by atomic mass is 9.86. The molecule has 0 radical (unpaired) electrons. The third kappa shape index (κ3) is 6.13. The maximum Gasteiger partial charge on any atom is 0.222 e. The number of amides is 1. The van der Waals surface area contributed by atoms with Gasteiger partial charge in [0.1, 0.15) is 18.0 Å². The lowest BCUT2D eigenvalue weighted by molar-refractivity contribution is -0.131. The average Bonchev–Trinajstić information content (AvgIpc) is 2.94. The van der Waals surface area contributed by atoms with Crippen LogP contribution in [0.2, 0.25) is 0 Å². The number of benzene rings is 3. The predicted molar refractivity (Wildman–Crippen MR) is 146 cm³/mol. The first-order valence-electron chi connectivity index (χ1n) is 13.1. The van der Waals surface area contributed by atoms with Gasteiger partial charge in [-0.3, -0.25) is 4.79 Å². The van der Waals surface area contributed by atoms with E-state index >= 15 is 0 Å². The summed E-state index contributed by atoms with van der Waals surface area (Å²) in [5.74, 6) is 1.01. The van der Waals surface area contributed by atoms with Gasteiger partial charge < -0.3 is 10.2 Å². The van der Waals surface area contributed by atoms with Crippen LogP contribution in [0.3, 0.4) is 0 Å². The Morgan fingerprint density at radius 2 is 1.73 bits per heavy atom. The number of nitrogens with one attached hydrogen (secondary N) is 1. The van der Waals surface area contributed by atoms with E-state index in [1.165, 1.54) is 25.3 Å². The van der Waals surface area contributed by atoms with Gasteiger partial charge in [0.25, 0.3) is 0 Å². The molecule has 1 saturated carbocycles. The number of fused-ring (bicyclic) bond motifs is 1. The van der Waals surface area contributed by atoms with E-state index in [1.807, 2.05) is 42.5 Å². The van der Waals surface area contributed by atoms with Gasteiger partial charge in [-0.25, -0.2) is 14.4 Å². The van der Waals surface area contributed by atoms with Crippen LogP contribution in [0.25, 0.3) is 22.0 Å². The zero-order valence-electron chi connectivity index (χ0n) is 21.3. The molecule has 0 saturated heterocycles.